The van der Waals surface area contributed by atoms with E-state index in [1.54, 1.807) is 0 Å². The molecular formula is C17H34N2O3. The summed E-state index contributed by atoms with van der Waals surface area (Å²) in [6.07, 6.45) is 12.5. The second kappa shape index (κ2) is 16.1. The average Bonchev–Trinajstić information content (AvgIpc) is 2.48. The highest BCUT2D eigenvalue weighted by Gasteiger charge is 2.00. The highest BCUT2D eigenvalue weighted by molar-refractivity contribution is 5.75. The number of rotatable bonds is 15. The summed E-state index contributed by atoms with van der Waals surface area (Å²) in [5, 5.41) is 13.6. The molecule has 0 saturated heterocycles. The van der Waals surface area contributed by atoms with Crippen molar-refractivity contribution in [3.63, 3.8) is 0 Å². The van der Waals surface area contributed by atoms with Gasteiger partial charge in [0.05, 0.1) is 0 Å². The first-order valence-electron chi connectivity index (χ1n) is 8.90. The summed E-state index contributed by atoms with van der Waals surface area (Å²) in [5.74, 6) is 0.120. The summed E-state index contributed by atoms with van der Waals surface area (Å²) in [5.41, 5.74) is 0. The van der Waals surface area contributed by atoms with Crippen molar-refractivity contribution in [1.82, 2.24) is 10.6 Å². The Labute approximate surface area is 135 Å². The van der Waals surface area contributed by atoms with Crippen LogP contribution in [0.2, 0.25) is 0 Å². The van der Waals surface area contributed by atoms with Crippen LogP contribution in [0.4, 0.5) is 4.79 Å². The molecule has 0 spiro atoms. The van der Waals surface area contributed by atoms with Crippen LogP contribution in [0.5, 0.6) is 0 Å². The van der Waals surface area contributed by atoms with Crippen LogP contribution in [-0.4, -0.2) is 30.2 Å². The number of nitrogens with one attached hydrogen (secondary N) is 2. The SMILES string of the molecule is CCCCCCCCCCCC(=O)NCCCCNC(=O)O. The van der Waals surface area contributed by atoms with Gasteiger partial charge in [0.25, 0.3) is 0 Å². The van der Waals surface area contributed by atoms with Crippen molar-refractivity contribution in [2.45, 2.75) is 84.0 Å². The van der Waals surface area contributed by atoms with Crippen LogP contribution in [0.15, 0.2) is 0 Å². The van der Waals surface area contributed by atoms with E-state index >= 15 is 0 Å². The smallest absolute Gasteiger partial charge is 0.404 e. The van der Waals surface area contributed by atoms with Gasteiger partial charge in [-0.2, -0.15) is 0 Å². The highest BCUT2D eigenvalue weighted by atomic mass is 16.4. The van der Waals surface area contributed by atoms with Gasteiger partial charge in [-0.15, -0.1) is 0 Å². The first-order valence-corrected chi connectivity index (χ1v) is 8.90. The van der Waals surface area contributed by atoms with Crippen LogP contribution >= 0.6 is 0 Å². The third kappa shape index (κ3) is 16.8. The Balaban J connectivity index is 3.17. The molecule has 0 radical (unpaired) electrons. The Morgan fingerprint density at radius 1 is 0.727 bits per heavy atom. The summed E-state index contributed by atoms with van der Waals surface area (Å²) in [7, 11) is 0. The number of unbranched alkanes of at least 4 members (excludes halogenated alkanes) is 9. The number of carboxylic acid groups (broad SMARTS) is 1. The van der Waals surface area contributed by atoms with Gasteiger partial charge in [-0.3, -0.25) is 4.79 Å². The first-order chi connectivity index (χ1) is 10.7. The van der Waals surface area contributed by atoms with Gasteiger partial charge in [-0.25, -0.2) is 4.79 Å². The predicted octanol–water partition coefficient (Wildman–Crippen LogP) is 4.07. The molecule has 0 fully saturated rings. The Bertz CT molecular complexity index is 283. The zero-order valence-electron chi connectivity index (χ0n) is 14.2. The number of carbonyl (C=O) groups excluding carboxylic acids is 1. The number of hydrogen-bond acceptors (Lipinski definition) is 2. The summed E-state index contributed by atoms with van der Waals surface area (Å²) in [6.45, 7) is 3.32. The third-order valence-corrected chi connectivity index (χ3v) is 3.71. The molecule has 0 aromatic rings. The maximum atomic E-state index is 11.6. The Hall–Kier alpha value is -1.26. The summed E-state index contributed by atoms with van der Waals surface area (Å²) in [4.78, 5) is 21.8. The molecule has 0 unspecified atom stereocenters. The van der Waals surface area contributed by atoms with Crippen molar-refractivity contribution < 1.29 is 14.7 Å². The molecular weight excluding hydrogens is 280 g/mol. The Morgan fingerprint density at radius 2 is 1.23 bits per heavy atom. The van der Waals surface area contributed by atoms with Gasteiger partial charge in [-0.1, -0.05) is 58.3 Å². The third-order valence-electron chi connectivity index (χ3n) is 3.71. The molecule has 0 aliphatic rings. The van der Waals surface area contributed by atoms with Gasteiger partial charge in [0.2, 0.25) is 5.91 Å². The molecule has 22 heavy (non-hydrogen) atoms. The summed E-state index contributed by atoms with van der Waals surface area (Å²) < 4.78 is 0. The minimum absolute atomic E-state index is 0.120. The topological polar surface area (TPSA) is 78.4 Å². The van der Waals surface area contributed by atoms with E-state index in [1.165, 1.54) is 44.9 Å². The van der Waals surface area contributed by atoms with Crippen LogP contribution in [0.3, 0.4) is 0 Å². The molecule has 3 N–H and O–H groups in total. The van der Waals surface area contributed by atoms with Gasteiger partial charge >= 0.3 is 6.09 Å². The molecule has 0 bridgehead atoms. The maximum Gasteiger partial charge on any atom is 0.404 e. The standard InChI is InChI=1S/C17H34N2O3/c1-2-3-4-5-6-7-8-9-10-13-16(20)18-14-11-12-15-19-17(21)22/h19H,2-15H2,1H3,(H,18,20)(H,21,22). The molecule has 0 aromatic carbocycles. The molecule has 0 heterocycles. The molecule has 5 heteroatoms. The van der Waals surface area contributed by atoms with Gasteiger partial charge < -0.3 is 15.7 Å². The van der Waals surface area contributed by atoms with Gasteiger partial charge in [0, 0.05) is 19.5 Å². The normalized spacial score (nSPS) is 10.4. The van der Waals surface area contributed by atoms with Crippen molar-refractivity contribution in [3.05, 3.63) is 0 Å². The highest BCUT2D eigenvalue weighted by Crippen LogP contribution is 2.10. The Kier molecular flexibility index (Phi) is 15.2. The number of hydrogen-bond donors (Lipinski definition) is 3. The molecule has 0 aliphatic heterocycles. The molecule has 0 aliphatic carbocycles. The minimum atomic E-state index is -0.991. The summed E-state index contributed by atoms with van der Waals surface area (Å²) >= 11 is 0. The van der Waals surface area contributed by atoms with E-state index in [0.29, 0.717) is 19.5 Å². The molecule has 130 valence electrons. The zero-order valence-corrected chi connectivity index (χ0v) is 14.2. The molecule has 0 aromatic heterocycles. The lowest BCUT2D eigenvalue weighted by Gasteiger charge is -2.05. The van der Waals surface area contributed by atoms with Crippen molar-refractivity contribution >= 4 is 12.0 Å². The lowest BCUT2D eigenvalue weighted by molar-refractivity contribution is -0.121. The summed E-state index contributed by atoms with van der Waals surface area (Å²) in [6, 6.07) is 0. The second-order valence-corrected chi connectivity index (χ2v) is 5.87. The minimum Gasteiger partial charge on any atom is -0.465 e. The molecule has 5 nitrogen and oxygen atoms in total. The van der Waals surface area contributed by atoms with Crippen molar-refractivity contribution in [1.29, 1.82) is 0 Å². The van der Waals surface area contributed by atoms with E-state index in [-0.39, 0.29) is 5.91 Å². The van der Waals surface area contributed by atoms with Gasteiger partial charge in [-0.05, 0) is 19.3 Å². The van der Waals surface area contributed by atoms with Crippen LogP contribution in [0.25, 0.3) is 0 Å². The molecule has 2 amide bonds. The fourth-order valence-electron chi connectivity index (χ4n) is 2.36. The average molecular weight is 314 g/mol. The zero-order chi connectivity index (χ0) is 16.5. The predicted molar refractivity (Wildman–Crippen MR) is 90.1 cm³/mol. The maximum absolute atomic E-state index is 11.6. The van der Waals surface area contributed by atoms with Gasteiger partial charge in [0.1, 0.15) is 0 Å². The van der Waals surface area contributed by atoms with Crippen molar-refractivity contribution in [2.24, 2.45) is 0 Å². The van der Waals surface area contributed by atoms with Crippen LogP contribution in [-0.2, 0) is 4.79 Å². The van der Waals surface area contributed by atoms with E-state index in [1.807, 2.05) is 0 Å². The first kappa shape index (κ1) is 20.7. The molecule has 0 saturated carbocycles. The van der Waals surface area contributed by atoms with Crippen LogP contribution < -0.4 is 10.6 Å². The lowest BCUT2D eigenvalue weighted by atomic mass is 10.1. The van der Waals surface area contributed by atoms with E-state index in [4.69, 9.17) is 5.11 Å². The monoisotopic (exact) mass is 314 g/mol. The largest absolute Gasteiger partial charge is 0.465 e. The molecule has 0 rings (SSSR count). The van der Waals surface area contributed by atoms with Gasteiger partial charge in [0.15, 0.2) is 0 Å². The fourth-order valence-corrected chi connectivity index (χ4v) is 2.36. The van der Waals surface area contributed by atoms with E-state index in [0.717, 1.165) is 25.7 Å². The van der Waals surface area contributed by atoms with Crippen LogP contribution in [0, 0.1) is 0 Å². The van der Waals surface area contributed by atoms with Crippen molar-refractivity contribution in [3.8, 4) is 0 Å². The van der Waals surface area contributed by atoms with Crippen molar-refractivity contribution in [2.75, 3.05) is 13.1 Å². The Morgan fingerprint density at radius 3 is 1.77 bits per heavy atom. The fraction of sp³-hybridized carbons (Fsp3) is 0.882. The number of amides is 2. The van der Waals surface area contributed by atoms with E-state index in [9.17, 15) is 9.59 Å². The van der Waals surface area contributed by atoms with Crippen LogP contribution in [0.1, 0.15) is 84.0 Å². The van der Waals surface area contributed by atoms with E-state index < -0.39 is 6.09 Å². The number of carbonyl (C=O) groups is 2. The lowest BCUT2D eigenvalue weighted by Crippen LogP contribution is -2.26. The quantitative estimate of drug-likeness (QED) is 0.399. The molecule has 0 atom stereocenters. The second-order valence-electron chi connectivity index (χ2n) is 5.87. The van der Waals surface area contributed by atoms with E-state index in [2.05, 4.69) is 17.6 Å².